The zero-order valence-corrected chi connectivity index (χ0v) is 13.3. The summed E-state index contributed by atoms with van der Waals surface area (Å²) in [6.07, 6.45) is 0. The van der Waals surface area contributed by atoms with Gasteiger partial charge in [0.1, 0.15) is 0 Å². The topological polar surface area (TPSA) is 6.48 Å². The average Bonchev–Trinajstić information content (AvgIpc) is 2.52. The van der Waals surface area contributed by atoms with E-state index in [1.54, 1.807) is 0 Å². The fourth-order valence-corrected chi connectivity index (χ4v) is 3.16. The van der Waals surface area contributed by atoms with Crippen LogP contribution < -0.4 is 4.90 Å². The Morgan fingerprint density at radius 1 is 0.857 bits per heavy atom. The number of halogens is 2. The van der Waals surface area contributed by atoms with Crippen molar-refractivity contribution in [2.24, 2.45) is 0 Å². The largest absolute Gasteiger partial charge is 0.369 e. The van der Waals surface area contributed by atoms with Crippen molar-refractivity contribution in [3.8, 4) is 0 Å². The van der Waals surface area contributed by atoms with E-state index in [9.17, 15) is 0 Å². The minimum atomic E-state index is 0.692. The highest BCUT2D eigenvalue weighted by atomic mass is 35.5. The van der Waals surface area contributed by atoms with Gasteiger partial charge >= 0.3 is 0 Å². The van der Waals surface area contributed by atoms with Gasteiger partial charge in [0.05, 0.1) is 0 Å². The third kappa shape index (κ3) is 3.70. The van der Waals surface area contributed by atoms with E-state index in [0.717, 1.165) is 43.3 Å². The number of hydrogen-bond acceptors (Lipinski definition) is 2. The molecule has 21 heavy (non-hydrogen) atoms. The number of nitrogens with zero attached hydrogens (tertiary/aromatic N) is 2. The van der Waals surface area contributed by atoms with Crippen molar-refractivity contribution in [2.45, 2.75) is 6.54 Å². The van der Waals surface area contributed by atoms with Gasteiger partial charge < -0.3 is 4.90 Å². The van der Waals surface area contributed by atoms with Gasteiger partial charge in [0, 0.05) is 48.5 Å². The van der Waals surface area contributed by atoms with Crippen LogP contribution in [0.15, 0.2) is 48.5 Å². The Morgan fingerprint density at radius 3 is 2.24 bits per heavy atom. The molecule has 0 N–H and O–H groups in total. The first-order valence-corrected chi connectivity index (χ1v) is 7.94. The van der Waals surface area contributed by atoms with Gasteiger partial charge in [0.15, 0.2) is 0 Å². The van der Waals surface area contributed by atoms with Gasteiger partial charge in [-0.25, -0.2) is 0 Å². The Balaban J connectivity index is 1.59. The average molecular weight is 321 g/mol. The summed E-state index contributed by atoms with van der Waals surface area (Å²) in [7, 11) is 0. The summed E-state index contributed by atoms with van der Waals surface area (Å²) in [6.45, 7) is 5.09. The SMILES string of the molecule is Clc1ccc(CN2CCN(c3ccccc3)CC2)c(Cl)c1. The quantitative estimate of drug-likeness (QED) is 0.831. The standard InChI is InChI=1S/C17H18Cl2N2/c18-15-7-6-14(17(19)12-15)13-20-8-10-21(11-9-20)16-4-2-1-3-5-16/h1-7,12H,8-11,13H2. The van der Waals surface area contributed by atoms with Gasteiger partial charge in [-0.05, 0) is 29.8 Å². The summed E-state index contributed by atoms with van der Waals surface area (Å²) >= 11 is 12.2. The van der Waals surface area contributed by atoms with Crippen molar-refractivity contribution >= 4 is 28.9 Å². The molecule has 0 unspecified atom stereocenters. The molecule has 0 amide bonds. The van der Waals surface area contributed by atoms with Crippen LogP contribution in [-0.2, 0) is 6.54 Å². The van der Waals surface area contributed by atoms with Crippen LogP contribution in [0.1, 0.15) is 5.56 Å². The molecule has 1 aliphatic rings. The van der Waals surface area contributed by atoms with E-state index < -0.39 is 0 Å². The molecule has 4 heteroatoms. The molecule has 3 rings (SSSR count). The van der Waals surface area contributed by atoms with Crippen molar-refractivity contribution in [1.29, 1.82) is 0 Å². The molecule has 1 aliphatic heterocycles. The number of hydrogen-bond donors (Lipinski definition) is 0. The second kappa shape index (κ2) is 6.69. The van der Waals surface area contributed by atoms with Crippen LogP contribution in [0.25, 0.3) is 0 Å². The highest BCUT2D eigenvalue weighted by molar-refractivity contribution is 6.35. The summed E-state index contributed by atoms with van der Waals surface area (Å²) in [6, 6.07) is 16.3. The maximum Gasteiger partial charge on any atom is 0.0465 e. The molecular weight excluding hydrogens is 303 g/mol. The summed E-state index contributed by atoms with van der Waals surface area (Å²) in [5.41, 5.74) is 2.45. The van der Waals surface area contributed by atoms with E-state index in [0.29, 0.717) is 5.02 Å². The minimum absolute atomic E-state index is 0.692. The maximum absolute atomic E-state index is 6.25. The molecule has 1 saturated heterocycles. The van der Waals surface area contributed by atoms with Crippen LogP contribution in [0.3, 0.4) is 0 Å². The Bertz CT molecular complexity index is 593. The molecule has 0 radical (unpaired) electrons. The highest BCUT2D eigenvalue weighted by Gasteiger charge is 2.17. The highest BCUT2D eigenvalue weighted by Crippen LogP contribution is 2.23. The normalized spacial score (nSPS) is 16.2. The molecule has 2 aromatic carbocycles. The molecule has 0 spiro atoms. The molecule has 1 fully saturated rings. The first kappa shape index (κ1) is 14.7. The van der Waals surface area contributed by atoms with Gasteiger partial charge in [0.2, 0.25) is 0 Å². The van der Waals surface area contributed by atoms with Crippen molar-refractivity contribution in [3.05, 3.63) is 64.1 Å². The molecule has 2 aromatic rings. The Hall–Kier alpha value is -1.22. The van der Waals surface area contributed by atoms with Crippen molar-refractivity contribution in [3.63, 3.8) is 0 Å². The fraction of sp³-hybridized carbons (Fsp3) is 0.294. The third-order valence-electron chi connectivity index (χ3n) is 3.90. The first-order valence-electron chi connectivity index (χ1n) is 7.18. The lowest BCUT2D eigenvalue weighted by molar-refractivity contribution is 0.250. The molecule has 0 saturated carbocycles. The smallest absolute Gasteiger partial charge is 0.0465 e. The predicted molar refractivity (Wildman–Crippen MR) is 90.4 cm³/mol. The Kier molecular flexibility index (Phi) is 4.69. The van der Waals surface area contributed by atoms with Crippen molar-refractivity contribution in [1.82, 2.24) is 4.90 Å². The van der Waals surface area contributed by atoms with Crippen LogP contribution in [0.2, 0.25) is 10.0 Å². The van der Waals surface area contributed by atoms with Crippen LogP contribution in [-0.4, -0.2) is 31.1 Å². The first-order chi connectivity index (χ1) is 10.2. The lowest BCUT2D eigenvalue weighted by Gasteiger charge is -2.36. The molecule has 0 aliphatic carbocycles. The Labute approximate surface area is 135 Å². The van der Waals surface area contributed by atoms with E-state index in [2.05, 4.69) is 40.1 Å². The molecule has 0 aromatic heterocycles. The van der Waals surface area contributed by atoms with E-state index in [1.165, 1.54) is 5.69 Å². The number of rotatable bonds is 3. The lowest BCUT2D eigenvalue weighted by atomic mass is 10.2. The van der Waals surface area contributed by atoms with Crippen molar-refractivity contribution < 1.29 is 0 Å². The zero-order valence-electron chi connectivity index (χ0n) is 11.8. The monoisotopic (exact) mass is 320 g/mol. The Morgan fingerprint density at radius 2 is 1.57 bits per heavy atom. The zero-order chi connectivity index (χ0) is 14.7. The summed E-state index contributed by atoms with van der Waals surface area (Å²) < 4.78 is 0. The fourth-order valence-electron chi connectivity index (χ4n) is 2.69. The van der Waals surface area contributed by atoms with Crippen molar-refractivity contribution in [2.75, 3.05) is 31.1 Å². The second-order valence-electron chi connectivity index (χ2n) is 5.33. The second-order valence-corrected chi connectivity index (χ2v) is 6.18. The van der Waals surface area contributed by atoms with Gasteiger partial charge in [-0.2, -0.15) is 0 Å². The molecule has 0 bridgehead atoms. The summed E-state index contributed by atoms with van der Waals surface area (Å²) in [5, 5.41) is 1.45. The number of piperazine rings is 1. The van der Waals surface area contributed by atoms with Crippen LogP contribution >= 0.6 is 23.2 Å². The van der Waals surface area contributed by atoms with Gasteiger partial charge in [-0.15, -0.1) is 0 Å². The van der Waals surface area contributed by atoms with E-state index in [-0.39, 0.29) is 0 Å². The lowest BCUT2D eigenvalue weighted by Crippen LogP contribution is -2.45. The molecule has 0 atom stereocenters. The molecule has 1 heterocycles. The van der Waals surface area contributed by atoms with Gasteiger partial charge in [0.25, 0.3) is 0 Å². The van der Waals surface area contributed by atoms with Crippen LogP contribution in [0.5, 0.6) is 0 Å². The minimum Gasteiger partial charge on any atom is -0.369 e. The summed E-state index contributed by atoms with van der Waals surface area (Å²) in [5.74, 6) is 0. The van der Waals surface area contributed by atoms with E-state index >= 15 is 0 Å². The molecule has 110 valence electrons. The van der Waals surface area contributed by atoms with E-state index in [1.807, 2.05) is 18.2 Å². The third-order valence-corrected chi connectivity index (χ3v) is 4.49. The predicted octanol–water partition coefficient (Wildman–Crippen LogP) is 4.32. The maximum atomic E-state index is 6.25. The number of para-hydroxylation sites is 1. The molecule has 2 nitrogen and oxygen atoms in total. The summed E-state index contributed by atoms with van der Waals surface area (Å²) in [4.78, 5) is 4.87. The molecular formula is C17H18Cl2N2. The van der Waals surface area contributed by atoms with Crippen LogP contribution in [0.4, 0.5) is 5.69 Å². The number of benzene rings is 2. The van der Waals surface area contributed by atoms with Gasteiger partial charge in [-0.1, -0.05) is 47.5 Å². The van der Waals surface area contributed by atoms with Crippen LogP contribution in [0, 0.1) is 0 Å². The van der Waals surface area contributed by atoms with Gasteiger partial charge in [-0.3, -0.25) is 4.90 Å². The van der Waals surface area contributed by atoms with E-state index in [4.69, 9.17) is 23.2 Å². The number of anilines is 1.